The molecule has 0 aromatic heterocycles. The molecule has 2 unspecified atom stereocenters. The number of carbonyl (C=O) groups excluding carboxylic acids is 1. The van der Waals surface area contributed by atoms with Gasteiger partial charge < -0.3 is 20.9 Å². The summed E-state index contributed by atoms with van der Waals surface area (Å²) in [4.78, 5) is 24.9. The molecule has 0 aliphatic heterocycles. The van der Waals surface area contributed by atoms with E-state index in [1.54, 1.807) is 0 Å². The molecule has 0 amide bonds. The monoisotopic (exact) mass is 516 g/mol. The van der Waals surface area contributed by atoms with Gasteiger partial charge in [-0.15, -0.1) is 0 Å². The number of hydrogen-bond donors (Lipinski definition) is 4. The fourth-order valence-electron chi connectivity index (χ4n) is 3.43. The summed E-state index contributed by atoms with van der Waals surface area (Å²) in [5, 5.41) is 12.9. The summed E-state index contributed by atoms with van der Waals surface area (Å²) in [6, 6.07) is 9.23. The Kier molecular flexibility index (Phi) is 14.0. The zero-order chi connectivity index (χ0) is 25.7. The number of carbonyl (C=O) groups is 2. The van der Waals surface area contributed by atoms with Gasteiger partial charge in [-0.05, 0) is 17.9 Å². The van der Waals surface area contributed by atoms with Crippen molar-refractivity contribution in [3.05, 3.63) is 35.9 Å². The highest BCUT2D eigenvalue weighted by Gasteiger charge is 2.29. The molecule has 0 aliphatic rings. The van der Waals surface area contributed by atoms with Crippen molar-refractivity contribution >= 4 is 34.2 Å². The van der Waals surface area contributed by atoms with E-state index in [1.165, 1.54) is 0 Å². The van der Waals surface area contributed by atoms with Gasteiger partial charge in [0.25, 0.3) is 0 Å². The molecule has 0 aliphatic carbocycles. The van der Waals surface area contributed by atoms with Crippen LogP contribution in [0.25, 0.3) is 0 Å². The molecule has 4 N–H and O–H groups in total. The lowest BCUT2D eigenvalue weighted by atomic mass is 9.94. The van der Waals surface area contributed by atoms with Gasteiger partial charge in [-0.3, -0.25) is 9.59 Å². The van der Waals surface area contributed by atoms with E-state index in [4.69, 9.17) is 10.5 Å². The number of ketones is 1. The number of rotatable bonds is 18. The molecule has 1 rings (SSSR count). The number of nitrogens with one attached hydrogen (secondary N) is 1. The second kappa shape index (κ2) is 15.5. The Hall–Kier alpha value is -1.46. The third kappa shape index (κ3) is 12.3. The number of carboxylic acid groups (broad SMARTS) is 1. The van der Waals surface area contributed by atoms with Crippen LogP contribution in [-0.2, 0) is 30.6 Å². The van der Waals surface area contributed by atoms with Gasteiger partial charge in [-0.2, -0.15) is 12.6 Å². The van der Waals surface area contributed by atoms with E-state index in [2.05, 4.69) is 31.8 Å². The van der Waals surface area contributed by atoms with Crippen molar-refractivity contribution < 1.29 is 27.9 Å². The summed E-state index contributed by atoms with van der Waals surface area (Å²) in [5.74, 6) is -2.09. The van der Waals surface area contributed by atoms with Crippen LogP contribution in [0.5, 0.6) is 0 Å². The minimum Gasteiger partial charge on any atom is -0.481 e. The molecule has 1 aromatic carbocycles. The minimum absolute atomic E-state index is 0.0393. The fraction of sp³-hybridized carbons (Fsp3) is 0.667. The van der Waals surface area contributed by atoms with Crippen molar-refractivity contribution in [2.75, 3.05) is 30.9 Å². The highest BCUT2D eigenvalue weighted by molar-refractivity contribution is 7.90. The van der Waals surface area contributed by atoms with Gasteiger partial charge in [-0.1, -0.05) is 50.6 Å². The van der Waals surface area contributed by atoms with Crippen molar-refractivity contribution in [3.63, 3.8) is 0 Å². The molecule has 0 saturated carbocycles. The molecule has 0 bridgehead atoms. The minimum atomic E-state index is -3.34. The van der Waals surface area contributed by atoms with E-state index >= 15 is 0 Å². The molecule has 0 spiro atoms. The molecular formula is C24H40N2O6S2. The third-order valence-electron chi connectivity index (χ3n) is 5.94. The highest BCUT2D eigenvalue weighted by Crippen LogP contribution is 2.18. The Labute approximate surface area is 209 Å². The number of nitrogens with two attached hydrogens (primary N) is 1. The SMILES string of the molecule is CCC(C)[C@@H](CO[C@@H](Cc1ccccc1)C(=O)CC(CCS(C)(=O)=O)C(=O)O)NC[C@@H](N)CS. The van der Waals surface area contributed by atoms with Gasteiger partial charge in [-0.25, -0.2) is 8.42 Å². The van der Waals surface area contributed by atoms with Crippen molar-refractivity contribution in [1.29, 1.82) is 0 Å². The van der Waals surface area contributed by atoms with Crippen LogP contribution >= 0.6 is 12.6 Å². The normalized spacial score (nSPS) is 16.4. The van der Waals surface area contributed by atoms with Crippen LogP contribution < -0.4 is 11.1 Å². The summed E-state index contributed by atoms with van der Waals surface area (Å²) in [5.41, 5.74) is 6.88. The lowest BCUT2D eigenvalue weighted by Gasteiger charge is -2.28. The Morgan fingerprint density at radius 2 is 1.88 bits per heavy atom. The molecule has 0 heterocycles. The van der Waals surface area contributed by atoms with E-state index in [1.807, 2.05) is 30.3 Å². The predicted octanol–water partition coefficient (Wildman–Crippen LogP) is 1.97. The molecule has 10 heteroatoms. The maximum absolute atomic E-state index is 13.2. The first-order valence-electron chi connectivity index (χ1n) is 11.6. The number of carboxylic acids is 1. The van der Waals surface area contributed by atoms with Crippen molar-refractivity contribution in [2.24, 2.45) is 17.6 Å². The van der Waals surface area contributed by atoms with Crippen molar-refractivity contribution in [1.82, 2.24) is 5.32 Å². The Morgan fingerprint density at radius 3 is 2.41 bits per heavy atom. The Balaban J connectivity index is 2.97. The van der Waals surface area contributed by atoms with Crippen LogP contribution in [-0.4, -0.2) is 74.4 Å². The van der Waals surface area contributed by atoms with Crippen molar-refractivity contribution in [3.8, 4) is 0 Å². The first-order chi connectivity index (χ1) is 16.0. The van der Waals surface area contributed by atoms with Crippen LogP contribution in [0.3, 0.4) is 0 Å². The van der Waals surface area contributed by atoms with Gasteiger partial charge in [0.15, 0.2) is 5.78 Å². The molecule has 34 heavy (non-hydrogen) atoms. The number of hydrogen-bond acceptors (Lipinski definition) is 8. The zero-order valence-corrected chi connectivity index (χ0v) is 22.1. The van der Waals surface area contributed by atoms with E-state index in [0.29, 0.717) is 18.7 Å². The van der Waals surface area contributed by atoms with Gasteiger partial charge >= 0.3 is 5.97 Å². The van der Waals surface area contributed by atoms with Gasteiger partial charge in [0.2, 0.25) is 0 Å². The average molecular weight is 517 g/mol. The second-order valence-electron chi connectivity index (χ2n) is 8.98. The fourth-order valence-corrected chi connectivity index (χ4v) is 4.28. The Morgan fingerprint density at radius 1 is 1.24 bits per heavy atom. The summed E-state index contributed by atoms with van der Waals surface area (Å²) < 4.78 is 29.1. The van der Waals surface area contributed by atoms with E-state index in [9.17, 15) is 23.1 Å². The number of thiol groups is 1. The quantitative estimate of drug-likeness (QED) is 0.218. The van der Waals surface area contributed by atoms with E-state index in [-0.39, 0.29) is 49.0 Å². The average Bonchev–Trinajstić information content (AvgIpc) is 2.79. The molecule has 194 valence electrons. The maximum Gasteiger partial charge on any atom is 0.306 e. The maximum atomic E-state index is 13.2. The summed E-state index contributed by atoms with van der Waals surface area (Å²) in [7, 11) is -3.34. The number of sulfone groups is 1. The number of Topliss-reactive ketones (excluding diaryl/α,β-unsaturated/α-hetero) is 1. The zero-order valence-electron chi connectivity index (χ0n) is 20.4. The van der Waals surface area contributed by atoms with Crippen LogP contribution in [0.2, 0.25) is 0 Å². The molecular weight excluding hydrogens is 476 g/mol. The first kappa shape index (κ1) is 30.6. The molecule has 8 nitrogen and oxygen atoms in total. The topological polar surface area (TPSA) is 136 Å². The summed E-state index contributed by atoms with van der Waals surface area (Å²) in [6.45, 7) is 4.99. The van der Waals surface area contributed by atoms with Crippen LogP contribution in [0.15, 0.2) is 30.3 Å². The molecule has 0 radical (unpaired) electrons. The Bertz CT molecular complexity index is 850. The lowest BCUT2D eigenvalue weighted by Crippen LogP contribution is -2.46. The smallest absolute Gasteiger partial charge is 0.306 e. The lowest BCUT2D eigenvalue weighted by molar-refractivity contribution is -0.145. The van der Waals surface area contributed by atoms with E-state index in [0.717, 1.165) is 18.2 Å². The van der Waals surface area contributed by atoms with Crippen LogP contribution in [0, 0.1) is 11.8 Å². The highest BCUT2D eigenvalue weighted by atomic mass is 32.2. The molecule has 5 atom stereocenters. The van der Waals surface area contributed by atoms with Crippen molar-refractivity contribution in [2.45, 2.75) is 57.7 Å². The first-order valence-corrected chi connectivity index (χ1v) is 14.3. The number of ether oxygens (including phenoxy) is 1. The summed E-state index contributed by atoms with van der Waals surface area (Å²) in [6.07, 6.45) is 1.03. The summed E-state index contributed by atoms with van der Waals surface area (Å²) >= 11 is 4.22. The van der Waals surface area contributed by atoms with Gasteiger partial charge in [0, 0.05) is 43.5 Å². The second-order valence-corrected chi connectivity index (χ2v) is 11.6. The number of benzene rings is 1. The molecule has 0 fully saturated rings. The number of aliphatic carboxylic acids is 1. The molecule has 0 saturated heterocycles. The largest absolute Gasteiger partial charge is 0.481 e. The molecule has 1 aromatic rings. The van der Waals surface area contributed by atoms with Gasteiger partial charge in [0.1, 0.15) is 15.9 Å². The van der Waals surface area contributed by atoms with Crippen LogP contribution in [0.4, 0.5) is 0 Å². The third-order valence-corrected chi connectivity index (χ3v) is 7.39. The van der Waals surface area contributed by atoms with Crippen LogP contribution in [0.1, 0.15) is 38.7 Å². The van der Waals surface area contributed by atoms with Gasteiger partial charge in [0.05, 0.1) is 18.3 Å². The van der Waals surface area contributed by atoms with E-state index < -0.39 is 27.8 Å². The standard InChI is InChI=1S/C24H40N2O6S2/c1-4-17(2)21(26-14-20(25)16-33)15-32-23(12-18-8-6-5-7-9-18)22(27)13-19(24(28)29)10-11-34(3,30)31/h5-9,17,19-21,23,26,33H,4,10-16,25H2,1-3H3,(H,28,29)/t17?,19?,20-,21-,23+/m1/s1. The predicted molar refractivity (Wildman–Crippen MR) is 138 cm³/mol.